The molecule has 0 unspecified atom stereocenters. The molecular formula is C17H17ClN6O. The summed E-state index contributed by atoms with van der Waals surface area (Å²) in [4.78, 5) is 20.5. The van der Waals surface area contributed by atoms with E-state index < -0.39 is 0 Å². The number of nitrogens with one attached hydrogen (secondary N) is 1. The predicted octanol–water partition coefficient (Wildman–Crippen LogP) is 2.74. The van der Waals surface area contributed by atoms with Gasteiger partial charge in [0.2, 0.25) is 0 Å². The number of halogens is 1. The van der Waals surface area contributed by atoms with Gasteiger partial charge in [0.1, 0.15) is 5.82 Å². The van der Waals surface area contributed by atoms with E-state index in [1.54, 1.807) is 39.9 Å². The van der Waals surface area contributed by atoms with Crippen molar-refractivity contribution in [3.63, 3.8) is 0 Å². The Bertz CT molecular complexity index is 886. The molecule has 0 radical (unpaired) electrons. The Morgan fingerprint density at radius 3 is 2.56 bits per heavy atom. The van der Waals surface area contributed by atoms with E-state index in [2.05, 4.69) is 20.3 Å². The highest BCUT2D eigenvalue weighted by molar-refractivity contribution is 6.30. The van der Waals surface area contributed by atoms with Gasteiger partial charge in [-0.15, -0.1) is 5.10 Å². The third-order valence-electron chi connectivity index (χ3n) is 4.23. The van der Waals surface area contributed by atoms with Gasteiger partial charge in [-0.05, 0) is 36.4 Å². The van der Waals surface area contributed by atoms with Crippen LogP contribution < -0.4 is 10.2 Å². The van der Waals surface area contributed by atoms with Crippen LogP contribution in [-0.4, -0.2) is 51.7 Å². The van der Waals surface area contributed by atoms with Crippen molar-refractivity contribution in [2.75, 3.05) is 36.4 Å². The molecule has 7 nitrogen and oxygen atoms in total. The summed E-state index contributed by atoms with van der Waals surface area (Å²) in [5.41, 5.74) is 1.56. The fourth-order valence-corrected chi connectivity index (χ4v) is 2.97. The van der Waals surface area contributed by atoms with Gasteiger partial charge >= 0.3 is 6.03 Å². The SMILES string of the molecule is O=C(Nc1ccc(Cl)cc1)N1CCN(c2ccc3nccn3n2)CC1. The van der Waals surface area contributed by atoms with Gasteiger partial charge in [-0.1, -0.05) is 11.6 Å². The minimum Gasteiger partial charge on any atom is -0.352 e. The van der Waals surface area contributed by atoms with E-state index in [9.17, 15) is 4.79 Å². The molecule has 0 atom stereocenters. The van der Waals surface area contributed by atoms with Crippen LogP contribution in [0.15, 0.2) is 48.8 Å². The summed E-state index contributed by atoms with van der Waals surface area (Å²) in [6.07, 6.45) is 3.56. The molecule has 128 valence electrons. The number of carbonyl (C=O) groups excluding carboxylic acids is 1. The molecule has 0 bridgehead atoms. The normalized spacial score (nSPS) is 14.8. The van der Waals surface area contributed by atoms with Crippen LogP contribution in [0.5, 0.6) is 0 Å². The van der Waals surface area contributed by atoms with Crippen molar-refractivity contribution in [2.24, 2.45) is 0 Å². The molecule has 2 aromatic heterocycles. The van der Waals surface area contributed by atoms with E-state index >= 15 is 0 Å². The third-order valence-corrected chi connectivity index (χ3v) is 4.48. The number of rotatable bonds is 2. The molecule has 8 heteroatoms. The highest BCUT2D eigenvalue weighted by Gasteiger charge is 2.22. The van der Waals surface area contributed by atoms with Crippen LogP contribution in [-0.2, 0) is 0 Å². The second-order valence-corrected chi connectivity index (χ2v) is 6.27. The van der Waals surface area contributed by atoms with E-state index in [4.69, 9.17) is 11.6 Å². The predicted molar refractivity (Wildman–Crippen MR) is 97.2 cm³/mol. The highest BCUT2D eigenvalue weighted by atomic mass is 35.5. The van der Waals surface area contributed by atoms with E-state index in [-0.39, 0.29) is 6.03 Å². The number of hydrogen-bond acceptors (Lipinski definition) is 4. The quantitative estimate of drug-likeness (QED) is 0.766. The number of carbonyl (C=O) groups is 1. The number of hydrogen-bond donors (Lipinski definition) is 1. The monoisotopic (exact) mass is 356 g/mol. The van der Waals surface area contributed by atoms with E-state index in [1.807, 2.05) is 18.3 Å². The van der Waals surface area contributed by atoms with Crippen LogP contribution in [0.3, 0.4) is 0 Å². The van der Waals surface area contributed by atoms with Crippen LogP contribution in [0.1, 0.15) is 0 Å². The van der Waals surface area contributed by atoms with Gasteiger partial charge in [0.05, 0.1) is 0 Å². The molecular weight excluding hydrogens is 340 g/mol. The van der Waals surface area contributed by atoms with Crippen molar-refractivity contribution in [3.8, 4) is 0 Å². The average Bonchev–Trinajstić information content (AvgIpc) is 3.11. The number of anilines is 2. The standard InChI is InChI=1S/C17H17ClN6O/c18-13-1-3-14(4-2-13)20-17(25)23-11-9-22(10-12-23)16-6-5-15-19-7-8-24(15)21-16/h1-8H,9-12H2,(H,20,25). The molecule has 4 rings (SSSR count). The summed E-state index contributed by atoms with van der Waals surface area (Å²) in [6.45, 7) is 2.76. The Kier molecular flexibility index (Phi) is 4.15. The zero-order valence-corrected chi connectivity index (χ0v) is 14.2. The van der Waals surface area contributed by atoms with E-state index in [1.165, 1.54) is 0 Å². The van der Waals surface area contributed by atoms with Crippen LogP contribution in [0.25, 0.3) is 5.65 Å². The summed E-state index contributed by atoms with van der Waals surface area (Å²) in [7, 11) is 0. The van der Waals surface area contributed by atoms with Gasteiger partial charge in [-0.2, -0.15) is 0 Å². The second kappa shape index (κ2) is 6.60. The number of nitrogens with zero attached hydrogens (tertiary/aromatic N) is 5. The number of fused-ring (bicyclic) bond motifs is 1. The largest absolute Gasteiger partial charge is 0.352 e. The highest BCUT2D eigenvalue weighted by Crippen LogP contribution is 2.16. The summed E-state index contributed by atoms with van der Waals surface area (Å²) >= 11 is 5.86. The summed E-state index contributed by atoms with van der Waals surface area (Å²) in [5.74, 6) is 0.892. The molecule has 1 N–H and O–H groups in total. The van der Waals surface area contributed by atoms with Crippen LogP contribution in [0.2, 0.25) is 5.02 Å². The third kappa shape index (κ3) is 3.36. The maximum Gasteiger partial charge on any atom is 0.321 e. The maximum atomic E-state index is 12.4. The number of amides is 2. The molecule has 3 aromatic rings. The lowest BCUT2D eigenvalue weighted by Crippen LogP contribution is -2.50. The molecule has 1 fully saturated rings. The van der Waals surface area contributed by atoms with Gasteiger partial charge in [0.15, 0.2) is 5.65 Å². The van der Waals surface area contributed by atoms with Crippen molar-refractivity contribution in [1.82, 2.24) is 19.5 Å². The van der Waals surface area contributed by atoms with Gasteiger partial charge < -0.3 is 15.1 Å². The number of imidazole rings is 1. The summed E-state index contributed by atoms with van der Waals surface area (Å²) < 4.78 is 1.76. The number of urea groups is 1. The van der Waals surface area contributed by atoms with Crippen LogP contribution in [0.4, 0.5) is 16.3 Å². The Morgan fingerprint density at radius 1 is 1.04 bits per heavy atom. The van der Waals surface area contributed by atoms with Crippen molar-refractivity contribution in [2.45, 2.75) is 0 Å². The lowest BCUT2D eigenvalue weighted by molar-refractivity contribution is 0.208. The van der Waals surface area contributed by atoms with Gasteiger partial charge in [0, 0.05) is 49.3 Å². The second-order valence-electron chi connectivity index (χ2n) is 5.83. The number of piperazine rings is 1. The molecule has 0 saturated carbocycles. The summed E-state index contributed by atoms with van der Waals surface area (Å²) in [6, 6.07) is 10.9. The van der Waals surface area contributed by atoms with Crippen molar-refractivity contribution < 1.29 is 4.79 Å². The summed E-state index contributed by atoms with van der Waals surface area (Å²) in [5, 5.41) is 8.10. The molecule has 25 heavy (non-hydrogen) atoms. The lowest BCUT2D eigenvalue weighted by atomic mass is 10.3. The molecule has 0 aliphatic carbocycles. The smallest absolute Gasteiger partial charge is 0.321 e. The van der Waals surface area contributed by atoms with E-state index in [0.717, 1.165) is 30.2 Å². The van der Waals surface area contributed by atoms with Crippen molar-refractivity contribution >= 4 is 34.8 Å². The first-order valence-electron chi connectivity index (χ1n) is 8.06. The number of benzene rings is 1. The molecule has 1 aromatic carbocycles. The van der Waals surface area contributed by atoms with Crippen molar-refractivity contribution in [1.29, 1.82) is 0 Å². The molecule has 2 amide bonds. The van der Waals surface area contributed by atoms with Gasteiger partial charge in [0.25, 0.3) is 0 Å². The van der Waals surface area contributed by atoms with Crippen LogP contribution in [0, 0.1) is 0 Å². The lowest BCUT2D eigenvalue weighted by Gasteiger charge is -2.35. The molecule has 1 aliphatic rings. The van der Waals surface area contributed by atoms with Crippen molar-refractivity contribution in [3.05, 3.63) is 53.8 Å². The maximum absolute atomic E-state index is 12.4. The minimum atomic E-state index is -0.0972. The first kappa shape index (κ1) is 15.7. The topological polar surface area (TPSA) is 65.8 Å². The van der Waals surface area contributed by atoms with E-state index in [0.29, 0.717) is 18.1 Å². The Labute approximate surface area is 149 Å². The van der Waals surface area contributed by atoms with Gasteiger partial charge in [-0.25, -0.2) is 14.3 Å². The zero-order valence-electron chi connectivity index (χ0n) is 13.5. The fraction of sp³-hybridized carbons (Fsp3) is 0.235. The zero-order chi connectivity index (χ0) is 17.2. The van der Waals surface area contributed by atoms with Crippen LogP contribution >= 0.6 is 11.6 Å². The minimum absolute atomic E-state index is 0.0972. The Hall–Kier alpha value is -2.80. The Balaban J connectivity index is 1.37. The van der Waals surface area contributed by atoms with Gasteiger partial charge in [-0.3, -0.25) is 0 Å². The molecule has 0 spiro atoms. The first-order valence-corrected chi connectivity index (χ1v) is 8.44. The fourth-order valence-electron chi connectivity index (χ4n) is 2.85. The molecule has 1 aliphatic heterocycles. The average molecular weight is 357 g/mol. The number of aromatic nitrogens is 3. The molecule has 1 saturated heterocycles. The Morgan fingerprint density at radius 2 is 1.80 bits per heavy atom. The molecule has 3 heterocycles. The first-order chi connectivity index (χ1) is 12.2.